The molecule has 6 nitrogen and oxygen atoms in total. The molecule has 0 bridgehead atoms. The van der Waals surface area contributed by atoms with E-state index in [9.17, 15) is 12.5 Å². The SMILES string of the molecule is C=C(N)N(C)CC(COC1CCC(c2cccc(F)c2)CC1)C(C)NS(=O)F.C=CN.CC. The topological polar surface area (TPSA) is 93.6 Å². The van der Waals surface area contributed by atoms with Gasteiger partial charge in [0, 0.05) is 25.6 Å². The Morgan fingerprint density at radius 3 is 2.42 bits per heavy atom. The monoisotopic (exact) mass is 488 g/mol. The number of nitrogens with zero attached hydrogens (tertiary/aromatic N) is 1. The average Bonchev–Trinajstić information content (AvgIpc) is 2.78. The van der Waals surface area contributed by atoms with E-state index in [2.05, 4.69) is 23.6 Å². The van der Waals surface area contributed by atoms with Crippen LogP contribution in [0.2, 0.25) is 0 Å². The normalized spacial score (nSPS) is 20.1. The minimum absolute atomic E-state index is 0.106. The zero-order valence-electron chi connectivity index (χ0n) is 20.4. The van der Waals surface area contributed by atoms with Crippen molar-refractivity contribution in [3.8, 4) is 0 Å². The highest BCUT2D eigenvalue weighted by Crippen LogP contribution is 2.34. The van der Waals surface area contributed by atoms with Crippen LogP contribution in [0.4, 0.5) is 8.28 Å². The minimum atomic E-state index is -2.59. The highest BCUT2D eigenvalue weighted by atomic mass is 32.2. The molecule has 2 rings (SSSR count). The lowest BCUT2D eigenvalue weighted by Gasteiger charge is -2.33. The van der Waals surface area contributed by atoms with Crippen molar-refractivity contribution in [1.29, 1.82) is 0 Å². The van der Waals surface area contributed by atoms with Crippen LogP contribution in [0, 0.1) is 11.7 Å². The molecule has 5 N–H and O–H groups in total. The van der Waals surface area contributed by atoms with E-state index in [1.54, 1.807) is 31.0 Å². The molecule has 0 spiro atoms. The van der Waals surface area contributed by atoms with E-state index >= 15 is 0 Å². The van der Waals surface area contributed by atoms with Gasteiger partial charge in [-0.3, -0.25) is 0 Å². The summed E-state index contributed by atoms with van der Waals surface area (Å²) in [7, 11) is 1.80. The van der Waals surface area contributed by atoms with Gasteiger partial charge in [0.25, 0.3) is 11.4 Å². The Bertz CT molecular complexity index is 715. The molecular weight excluding hydrogens is 446 g/mol. The Balaban J connectivity index is 0.00000189. The number of nitrogens with two attached hydrogens (primary N) is 2. The van der Waals surface area contributed by atoms with Crippen molar-refractivity contribution in [2.75, 3.05) is 20.2 Å². The Morgan fingerprint density at radius 1 is 1.36 bits per heavy atom. The number of hydrogen-bond donors (Lipinski definition) is 3. The lowest BCUT2D eigenvalue weighted by Crippen LogP contribution is -2.43. The third kappa shape index (κ3) is 12.7. The Kier molecular flexibility index (Phi) is 16.5. The van der Waals surface area contributed by atoms with Crippen LogP contribution < -0.4 is 16.2 Å². The second kappa shape index (κ2) is 17.5. The van der Waals surface area contributed by atoms with E-state index in [1.807, 2.05) is 19.9 Å². The molecular formula is C24H42F2N4O2S. The summed E-state index contributed by atoms with van der Waals surface area (Å²) in [5.41, 5.74) is 11.4. The first-order valence-corrected chi connectivity index (χ1v) is 12.4. The van der Waals surface area contributed by atoms with E-state index < -0.39 is 11.4 Å². The van der Waals surface area contributed by atoms with E-state index in [1.165, 1.54) is 12.3 Å². The maximum absolute atomic E-state index is 13.4. The Hall–Kier alpha value is -1.97. The molecule has 0 heterocycles. The number of hydrogen-bond acceptors (Lipinski definition) is 5. The van der Waals surface area contributed by atoms with Gasteiger partial charge in [-0.25, -0.2) is 13.3 Å². The molecule has 0 saturated heterocycles. The van der Waals surface area contributed by atoms with Crippen molar-refractivity contribution in [3.05, 3.63) is 60.8 Å². The van der Waals surface area contributed by atoms with Gasteiger partial charge in [0.2, 0.25) is 0 Å². The molecule has 3 unspecified atom stereocenters. The van der Waals surface area contributed by atoms with Crippen LogP contribution in [-0.2, 0) is 16.1 Å². The van der Waals surface area contributed by atoms with Gasteiger partial charge in [0.05, 0.1) is 18.5 Å². The molecule has 1 aromatic rings. The largest absolute Gasteiger partial charge is 0.405 e. The lowest BCUT2D eigenvalue weighted by atomic mass is 9.82. The summed E-state index contributed by atoms with van der Waals surface area (Å²) in [5.74, 6) is 0.462. The maximum atomic E-state index is 13.4. The van der Waals surface area contributed by atoms with Gasteiger partial charge >= 0.3 is 0 Å². The fraction of sp³-hybridized carbons (Fsp3) is 0.583. The van der Waals surface area contributed by atoms with Crippen LogP contribution >= 0.6 is 0 Å². The van der Waals surface area contributed by atoms with E-state index in [0.29, 0.717) is 24.9 Å². The zero-order valence-corrected chi connectivity index (χ0v) is 21.3. The molecule has 1 aliphatic carbocycles. The van der Waals surface area contributed by atoms with Crippen molar-refractivity contribution < 1.29 is 17.2 Å². The molecule has 9 heteroatoms. The van der Waals surface area contributed by atoms with Crippen LogP contribution in [0.15, 0.2) is 49.4 Å². The molecule has 1 aliphatic rings. The van der Waals surface area contributed by atoms with E-state index in [-0.39, 0.29) is 23.9 Å². The van der Waals surface area contributed by atoms with E-state index in [0.717, 1.165) is 31.2 Å². The molecule has 0 aliphatic heterocycles. The summed E-state index contributed by atoms with van der Waals surface area (Å²) in [5, 5.41) is 0. The molecule has 1 fully saturated rings. The van der Waals surface area contributed by atoms with Crippen molar-refractivity contribution in [2.45, 2.75) is 64.5 Å². The predicted octanol–water partition coefficient (Wildman–Crippen LogP) is 4.49. The van der Waals surface area contributed by atoms with Crippen molar-refractivity contribution in [2.24, 2.45) is 17.4 Å². The summed E-state index contributed by atoms with van der Waals surface area (Å²) in [6.45, 7) is 13.5. The van der Waals surface area contributed by atoms with Gasteiger partial charge in [-0.2, -0.15) is 0 Å². The molecule has 1 saturated carbocycles. The fourth-order valence-electron chi connectivity index (χ4n) is 3.65. The summed E-state index contributed by atoms with van der Waals surface area (Å²) < 4.78 is 45.7. The standard InChI is InChI=1S/C20H31F2N3O2S.C2H5N.C2H6/c1-14(24-28(22)26)18(12-25(3)15(2)23)13-27-20-9-7-16(8-10-20)17-5-4-6-19(21)11-17;1-2-3;1-2/h4-6,11,14,16,18,20,24H,2,7-10,12-13,23H2,1,3H3;2H,1,3H2;1-2H3. The molecule has 0 aromatic heterocycles. The first kappa shape index (κ1) is 31.0. The minimum Gasteiger partial charge on any atom is -0.405 e. The first-order valence-electron chi connectivity index (χ1n) is 11.4. The average molecular weight is 489 g/mol. The molecule has 3 atom stereocenters. The van der Waals surface area contributed by atoms with Gasteiger partial charge in [0.15, 0.2) is 0 Å². The van der Waals surface area contributed by atoms with Gasteiger partial charge in [0.1, 0.15) is 5.82 Å². The second-order valence-electron chi connectivity index (χ2n) is 7.86. The second-order valence-corrected chi connectivity index (χ2v) is 8.54. The van der Waals surface area contributed by atoms with Crippen LogP contribution in [0.5, 0.6) is 0 Å². The fourth-order valence-corrected chi connectivity index (χ4v) is 4.13. The summed E-state index contributed by atoms with van der Waals surface area (Å²) in [6.07, 6.45) is 5.04. The first-order chi connectivity index (χ1) is 15.7. The Morgan fingerprint density at radius 2 is 1.94 bits per heavy atom. The Labute approximate surface area is 201 Å². The third-order valence-corrected chi connectivity index (χ3v) is 6.08. The van der Waals surface area contributed by atoms with Gasteiger partial charge in [-0.15, -0.1) is 3.89 Å². The molecule has 0 radical (unpaired) electrons. The van der Waals surface area contributed by atoms with Crippen molar-refractivity contribution >= 4 is 11.4 Å². The number of ether oxygens (including phenoxy) is 1. The van der Waals surface area contributed by atoms with Crippen LogP contribution in [0.3, 0.4) is 0 Å². The van der Waals surface area contributed by atoms with Crippen LogP contribution in [0.25, 0.3) is 0 Å². The number of nitrogens with one attached hydrogen (secondary N) is 1. The summed E-state index contributed by atoms with van der Waals surface area (Å²) in [4.78, 5) is 1.77. The van der Waals surface area contributed by atoms with E-state index in [4.69, 9.17) is 10.5 Å². The lowest BCUT2D eigenvalue weighted by molar-refractivity contribution is -0.00377. The smallest absolute Gasteiger partial charge is 0.274 e. The van der Waals surface area contributed by atoms with Crippen LogP contribution in [0.1, 0.15) is 57.9 Å². The zero-order chi connectivity index (χ0) is 25.4. The highest BCUT2D eigenvalue weighted by molar-refractivity contribution is 7.77. The van der Waals surface area contributed by atoms with Gasteiger partial charge in [-0.05, 0) is 62.4 Å². The highest BCUT2D eigenvalue weighted by Gasteiger charge is 2.26. The maximum Gasteiger partial charge on any atom is 0.274 e. The van der Waals surface area contributed by atoms with Gasteiger partial charge < -0.3 is 21.1 Å². The molecule has 1 aromatic carbocycles. The summed E-state index contributed by atoms with van der Waals surface area (Å²) >= 11 is -2.59. The molecule has 33 heavy (non-hydrogen) atoms. The van der Waals surface area contributed by atoms with Gasteiger partial charge in [-0.1, -0.05) is 39.1 Å². The molecule has 190 valence electrons. The van der Waals surface area contributed by atoms with Crippen LogP contribution in [-0.4, -0.2) is 41.5 Å². The number of halogens is 2. The third-order valence-electron chi connectivity index (χ3n) is 5.52. The predicted molar refractivity (Wildman–Crippen MR) is 134 cm³/mol. The van der Waals surface area contributed by atoms with Crippen molar-refractivity contribution in [1.82, 2.24) is 9.62 Å². The number of rotatable bonds is 10. The summed E-state index contributed by atoms with van der Waals surface area (Å²) in [6, 6.07) is 6.46. The quantitative estimate of drug-likeness (QED) is 0.422. The molecule has 0 amide bonds. The van der Waals surface area contributed by atoms with Crippen molar-refractivity contribution in [3.63, 3.8) is 0 Å². The number of benzene rings is 1.